The molecular weight excluding hydrogens is 222 g/mol. The minimum absolute atomic E-state index is 0.404. The molecule has 1 atom stereocenters. The summed E-state index contributed by atoms with van der Waals surface area (Å²) < 4.78 is 0. The molecule has 0 heterocycles. The molecule has 3 heteroatoms. The molecule has 2 N–H and O–H groups in total. The maximum atomic E-state index is 9.23. The molecule has 1 fully saturated rings. The first kappa shape index (κ1) is 13.1. The van der Waals surface area contributed by atoms with Crippen LogP contribution < -0.4 is 5.73 Å². The number of nitrogens with zero attached hydrogens (tertiary/aromatic N) is 2. The number of rotatable bonds is 6. The Hall–Kier alpha value is -1.37. The molecule has 1 unspecified atom stereocenters. The quantitative estimate of drug-likeness (QED) is 0.828. The molecule has 1 aromatic rings. The van der Waals surface area contributed by atoms with Crippen molar-refractivity contribution in [2.24, 2.45) is 11.7 Å². The lowest BCUT2D eigenvalue weighted by Crippen LogP contribution is -2.50. The first-order valence-corrected chi connectivity index (χ1v) is 6.56. The predicted octanol–water partition coefficient (Wildman–Crippen LogP) is 1.79. The molecule has 3 nitrogen and oxygen atoms in total. The van der Waals surface area contributed by atoms with Crippen molar-refractivity contribution >= 4 is 0 Å². The SMILES string of the molecule is CN(CCc1ccccc1)CC(N)(C#N)C1CC1. The van der Waals surface area contributed by atoms with Crippen molar-refractivity contribution in [3.05, 3.63) is 35.9 Å². The van der Waals surface area contributed by atoms with Gasteiger partial charge in [0.2, 0.25) is 0 Å². The number of nitrogens with two attached hydrogens (primary N) is 1. The number of benzene rings is 1. The van der Waals surface area contributed by atoms with Crippen molar-refractivity contribution in [1.29, 1.82) is 5.26 Å². The lowest BCUT2D eigenvalue weighted by molar-refractivity contribution is 0.266. The fraction of sp³-hybridized carbons (Fsp3) is 0.533. The van der Waals surface area contributed by atoms with Crippen LogP contribution >= 0.6 is 0 Å². The highest BCUT2D eigenvalue weighted by Crippen LogP contribution is 2.38. The lowest BCUT2D eigenvalue weighted by Gasteiger charge is -2.27. The van der Waals surface area contributed by atoms with Gasteiger partial charge in [-0.2, -0.15) is 5.26 Å². The highest BCUT2D eigenvalue weighted by atomic mass is 15.1. The minimum atomic E-state index is -0.647. The average Bonchev–Trinajstić information content (AvgIpc) is 3.22. The van der Waals surface area contributed by atoms with Gasteiger partial charge in [-0.15, -0.1) is 0 Å². The fourth-order valence-corrected chi connectivity index (χ4v) is 2.34. The van der Waals surface area contributed by atoms with E-state index >= 15 is 0 Å². The maximum absolute atomic E-state index is 9.23. The lowest BCUT2D eigenvalue weighted by atomic mass is 9.96. The van der Waals surface area contributed by atoms with Gasteiger partial charge in [-0.3, -0.25) is 0 Å². The van der Waals surface area contributed by atoms with E-state index in [4.69, 9.17) is 5.73 Å². The molecule has 0 spiro atoms. The predicted molar refractivity (Wildman–Crippen MR) is 72.9 cm³/mol. The highest BCUT2D eigenvalue weighted by Gasteiger charge is 2.43. The summed E-state index contributed by atoms with van der Waals surface area (Å²) in [6, 6.07) is 12.7. The van der Waals surface area contributed by atoms with Crippen LogP contribution in [0.15, 0.2) is 30.3 Å². The van der Waals surface area contributed by atoms with E-state index in [-0.39, 0.29) is 0 Å². The van der Waals surface area contributed by atoms with Crippen molar-refractivity contribution < 1.29 is 0 Å². The third-order valence-electron chi connectivity index (χ3n) is 3.67. The zero-order valence-corrected chi connectivity index (χ0v) is 11.0. The average molecular weight is 243 g/mol. The van der Waals surface area contributed by atoms with Crippen molar-refractivity contribution in [2.75, 3.05) is 20.1 Å². The van der Waals surface area contributed by atoms with Gasteiger partial charge >= 0.3 is 0 Å². The zero-order valence-electron chi connectivity index (χ0n) is 11.0. The first-order valence-electron chi connectivity index (χ1n) is 6.56. The summed E-state index contributed by atoms with van der Waals surface area (Å²) in [4.78, 5) is 2.18. The van der Waals surface area contributed by atoms with Crippen LogP contribution in [-0.4, -0.2) is 30.6 Å². The summed E-state index contributed by atoms with van der Waals surface area (Å²) in [5, 5.41) is 9.23. The first-order chi connectivity index (χ1) is 8.64. The number of nitriles is 1. The minimum Gasteiger partial charge on any atom is -0.312 e. The Morgan fingerprint density at radius 3 is 2.61 bits per heavy atom. The Balaban J connectivity index is 1.82. The normalized spacial score (nSPS) is 18.3. The van der Waals surface area contributed by atoms with Gasteiger partial charge in [0.05, 0.1) is 6.07 Å². The smallest absolute Gasteiger partial charge is 0.119 e. The van der Waals surface area contributed by atoms with Gasteiger partial charge in [0.25, 0.3) is 0 Å². The third kappa shape index (κ3) is 3.32. The summed E-state index contributed by atoms with van der Waals surface area (Å²) in [5.41, 5.74) is 6.85. The van der Waals surface area contributed by atoms with Gasteiger partial charge in [-0.1, -0.05) is 30.3 Å². The second-order valence-electron chi connectivity index (χ2n) is 5.40. The number of hydrogen-bond donors (Lipinski definition) is 1. The van der Waals surface area contributed by atoms with Gasteiger partial charge in [-0.05, 0) is 37.8 Å². The zero-order chi connectivity index (χ0) is 13.0. The van der Waals surface area contributed by atoms with Crippen molar-refractivity contribution in [2.45, 2.75) is 24.8 Å². The molecule has 0 saturated heterocycles. The molecule has 0 radical (unpaired) electrons. The van der Waals surface area contributed by atoms with E-state index in [0.717, 1.165) is 25.8 Å². The monoisotopic (exact) mass is 243 g/mol. The Labute approximate surface area is 109 Å². The summed E-state index contributed by atoms with van der Waals surface area (Å²) in [6.07, 6.45) is 3.22. The molecule has 1 saturated carbocycles. The van der Waals surface area contributed by atoms with E-state index in [0.29, 0.717) is 12.5 Å². The van der Waals surface area contributed by atoms with Crippen LogP contribution in [0.3, 0.4) is 0 Å². The molecule has 18 heavy (non-hydrogen) atoms. The van der Waals surface area contributed by atoms with Crippen LogP contribution in [0.25, 0.3) is 0 Å². The van der Waals surface area contributed by atoms with Gasteiger partial charge in [0, 0.05) is 13.1 Å². The molecule has 2 rings (SSSR count). The maximum Gasteiger partial charge on any atom is 0.119 e. The molecule has 0 aliphatic heterocycles. The largest absolute Gasteiger partial charge is 0.312 e. The number of likely N-dealkylation sites (N-methyl/N-ethyl adjacent to an activating group) is 1. The second kappa shape index (κ2) is 5.51. The number of hydrogen-bond acceptors (Lipinski definition) is 3. The fourth-order valence-electron chi connectivity index (χ4n) is 2.34. The van der Waals surface area contributed by atoms with E-state index in [9.17, 15) is 5.26 Å². The molecule has 0 bridgehead atoms. The molecule has 1 aliphatic carbocycles. The van der Waals surface area contributed by atoms with Gasteiger partial charge < -0.3 is 10.6 Å². The van der Waals surface area contributed by atoms with E-state index < -0.39 is 5.54 Å². The molecule has 0 amide bonds. The van der Waals surface area contributed by atoms with Crippen LogP contribution in [0.4, 0.5) is 0 Å². The highest BCUT2D eigenvalue weighted by molar-refractivity contribution is 5.16. The Morgan fingerprint density at radius 1 is 1.39 bits per heavy atom. The Bertz CT molecular complexity index is 419. The standard InChI is InChI=1S/C15H21N3/c1-18(10-9-13-5-3-2-4-6-13)12-15(17,11-16)14-7-8-14/h2-6,14H,7-10,12,17H2,1H3. The van der Waals surface area contributed by atoms with Crippen molar-refractivity contribution in [1.82, 2.24) is 4.90 Å². The topological polar surface area (TPSA) is 53.0 Å². The molecule has 0 aromatic heterocycles. The Morgan fingerprint density at radius 2 is 2.06 bits per heavy atom. The van der Waals surface area contributed by atoms with E-state index in [1.54, 1.807) is 0 Å². The molecular formula is C15H21N3. The van der Waals surface area contributed by atoms with Crippen LogP contribution in [-0.2, 0) is 6.42 Å². The van der Waals surface area contributed by atoms with Crippen LogP contribution in [0.1, 0.15) is 18.4 Å². The van der Waals surface area contributed by atoms with Crippen molar-refractivity contribution in [3.63, 3.8) is 0 Å². The van der Waals surface area contributed by atoms with Crippen LogP contribution in [0.2, 0.25) is 0 Å². The van der Waals surface area contributed by atoms with Gasteiger partial charge in [-0.25, -0.2) is 0 Å². The summed E-state index contributed by atoms with van der Waals surface area (Å²) in [7, 11) is 2.05. The van der Waals surface area contributed by atoms with E-state index in [1.165, 1.54) is 5.56 Å². The van der Waals surface area contributed by atoms with E-state index in [1.807, 2.05) is 13.1 Å². The van der Waals surface area contributed by atoms with Gasteiger partial charge in [0.1, 0.15) is 5.54 Å². The Kier molecular flexibility index (Phi) is 4.00. The van der Waals surface area contributed by atoms with Crippen molar-refractivity contribution in [3.8, 4) is 6.07 Å². The summed E-state index contributed by atoms with van der Waals surface area (Å²) in [5.74, 6) is 0.404. The summed E-state index contributed by atoms with van der Waals surface area (Å²) >= 11 is 0. The van der Waals surface area contributed by atoms with Crippen LogP contribution in [0, 0.1) is 17.2 Å². The molecule has 96 valence electrons. The molecule has 1 aliphatic rings. The second-order valence-corrected chi connectivity index (χ2v) is 5.40. The van der Waals surface area contributed by atoms with Gasteiger partial charge in [0.15, 0.2) is 0 Å². The summed E-state index contributed by atoms with van der Waals surface area (Å²) in [6.45, 7) is 1.61. The molecule has 1 aromatic carbocycles. The van der Waals surface area contributed by atoms with Crippen LogP contribution in [0.5, 0.6) is 0 Å². The third-order valence-corrected chi connectivity index (χ3v) is 3.67. The van der Waals surface area contributed by atoms with E-state index in [2.05, 4.69) is 35.2 Å².